The SMILES string of the molecule is C=C(C)NCC(CS(=O)(=O)O)c1ccccc1.CC. The van der Waals surface area contributed by atoms with Gasteiger partial charge in [0.25, 0.3) is 10.1 Å². The lowest BCUT2D eigenvalue weighted by atomic mass is 10.0. The summed E-state index contributed by atoms with van der Waals surface area (Å²) in [6.45, 7) is 9.92. The summed E-state index contributed by atoms with van der Waals surface area (Å²) in [4.78, 5) is 0. The highest BCUT2D eigenvalue weighted by Gasteiger charge is 2.18. The Hall–Kier alpha value is -1.33. The van der Waals surface area contributed by atoms with Crippen LogP contribution in [-0.2, 0) is 10.1 Å². The first-order valence-electron chi connectivity index (χ1n) is 6.28. The minimum Gasteiger partial charge on any atom is -0.388 e. The van der Waals surface area contributed by atoms with E-state index < -0.39 is 10.1 Å². The molecule has 0 bridgehead atoms. The quantitative estimate of drug-likeness (QED) is 0.789. The van der Waals surface area contributed by atoms with E-state index in [9.17, 15) is 8.42 Å². The Bertz CT molecular complexity index is 469. The summed E-state index contributed by atoms with van der Waals surface area (Å²) in [5.41, 5.74) is 1.64. The van der Waals surface area contributed by atoms with Crippen molar-refractivity contribution in [1.29, 1.82) is 0 Å². The number of allylic oxidation sites excluding steroid dienone is 1. The van der Waals surface area contributed by atoms with Crippen molar-refractivity contribution in [2.45, 2.75) is 26.7 Å². The summed E-state index contributed by atoms with van der Waals surface area (Å²) in [6.07, 6.45) is 0. The van der Waals surface area contributed by atoms with Gasteiger partial charge >= 0.3 is 0 Å². The molecule has 108 valence electrons. The standard InChI is InChI=1S/C12H17NO3S.C2H6/c1-10(2)13-8-12(9-17(14,15)16)11-6-4-3-5-7-11;1-2/h3-7,12-13H,1,8-9H2,2H3,(H,14,15,16);1-2H3. The summed E-state index contributed by atoms with van der Waals surface area (Å²) in [5, 5.41) is 3.00. The molecule has 19 heavy (non-hydrogen) atoms. The molecule has 0 fully saturated rings. The third kappa shape index (κ3) is 8.40. The van der Waals surface area contributed by atoms with Gasteiger partial charge in [-0.15, -0.1) is 0 Å². The molecule has 0 amide bonds. The molecule has 0 saturated heterocycles. The molecule has 0 aliphatic carbocycles. The lowest BCUT2D eigenvalue weighted by Gasteiger charge is -2.17. The molecule has 2 N–H and O–H groups in total. The van der Waals surface area contributed by atoms with Crippen molar-refractivity contribution in [2.75, 3.05) is 12.3 Å². The molecule has 1 aromatic rings. The lowest BCUT2D eigenvalue weighted by Crippen LogP contribution is -2.25. The van der Waals surface area contributed by atoms with Crippen LogP contribution in [0.15, 0.2) is 42.6 Å². The lowest BCUT2D eigenvalue weighted by molar-refractivity contribution is 0.475. The van der Waals surface area contributed by atoms with Gasteiger partial charge in [-0.25, -0.2) is 0 Å². The number of hydrogen-bond donors (Lipinski definition) is 2. The maximum Gasteiger partial charge on any atom is 0.265 e. The molecule has 0 heterocycles. The predicted octanol–water partition coefficient (Wildman–Crippen LogP) is 2.81. The first kappa shape index (κ1) is 17.7. The third-order valence-electron chi connectivity index (χ3n) is 2.33. The fourth-order valence-electron chi connectivity index (χ4n) is 1.55. The monoisotopic (exact) mass is 285 g/mol. The van der Waals surface area contributed by atoms with Crippen LogP contribution in [0.5, 0.6) is 0 Å². The van der Waals surface area contributed by atoms with Crippen molar-refractivity contribution in [2.24, 2.45) is 0 Å². The van der Waals surface area contributed by atoms with E-state index in [0.717, 1.165) is 11.3 Å². The highest BCUT2D eigenvalue weighted by molar-refractivity contribution is 7.85. The van der Waals surface area contributed by atoms with E-state index in [-0.39, 0.29) is 11.7 Å². The van der Waals surface area contributed by atoms with Gasteiger partial charge in [0.2, 0.25) is 0 Å². The van der Waals surface area contributed by atoms with Crippen LogP contribution in [0.3, 0.4) is 0 Å². The van der Waals surface area contributed by atoms with Gasteiger partial charge in [-0.05, 0) is 12.5 Å². The fraction of sp³-hybridized carbons (Fsp3) is 0.429. The fourth-order valence-corrected chi connectivity index (χ4v) is 2.37. The minimum atomic E-state index is -3.99. The molecule has 4 nitrogen and oxygen atoms in total. The van der Waals surface area contributed by atoms with Gasteiger partial charge in [0.05, 0.1) is 5.75 Å². The average molecular weight is 285 g/mol. The average Bonchev–Trinajstić information content (AvgIpc) is 2.36. The molecule has 1 unspecified atom stereocenters. The van der Waals surface area contributed by atoms with E-state index in [1.807, 2.05) is 44.2 Å². The van der Waals surface area contributed by atoms with Gasteiger partial charge in [0.15, 0.2) is 0 Å². The van der Waals surface area contributed by atoms with Gasteiger partial charge in [-0.1, -0.05) is 50.8 Å². The normalized spacial score (nSPS) is 12.0. The Morgan fingerprint density at radius 1 is 1.32 bits per heavy atom. The molecule has 0 aliphatic heterocycles. The Kier molecular flexibility index (Phi) is 8.11. The van der Waals surface area contributed by atoms with E-state index in [4.69, 9.17) is 4.55 Å². The Morgan fingerprint density at radius 3 is 2.26 bits per heavy atom. The smallest absolute Gasteiger partial charge is 0.265 e. The third-order valence-corrected chi connectivity index (χ3v) is 3.16. The number of rotatable bonds is 6. The zero-order valence-corrected chi connectivity index (χ0v) is 12.6. The molecule has 5 heteroatoms. The summed E-state index contributed by atoms with van der Waals surface area (Å²) < 4.78 is 30.9. The van der Waals surface area contributed by atoms with Crippen LogP contribution in [0.1, 0.15) is 32.3 Å². The van der Waals surface area contributed by atoms with Crippen LogP contribution in [0.4, 0.5) is 0 Å². The molecule has 0 aliphatic rings. The van der Waals surface area contributed by atoms with E-state index >= 15 is 0 Å². The second kappa shape index (κ2) is 8.72. The molecule has 1 atom stereocenters. The first-order valence-corrected chi connectivity index (χ1v) is 7.89. The molecular weight excluding hydrogens is 262 g/mol. The summed E-state index contributed by atoms with van der Waals surface area (Å²) in [6, 6.07) is 9.23. The molecule has 0 radical (unpaired) electrons. The summed E-state index contributed by atoms with van der Waals surface area (Å²) in [7, 11) is -3.99. The van der Waals surface area contributed by atoms with Crippen LogP contribution in [0, 0.1) is 0 Å². The highest BCUT2D eigenvalue weighted by Crippen LogP contribution is 2.16. The summed E-state index contributed by atoms with van der Waals surface area (Å²) in [5.74, 6) is -0.583. The first-order chi connectivity index (χ1) is 8.88. The second-order valence-corrected chi connectivity index (χ2v) is 5.51. The van der Waals surface area contributed by atoms with E-state index in [1.165, 1.54) is 0 Å². The number of nitrogens with one attached hydrogen (secondary N) is 1. The van der Waals surface area contributed by atoms with Crippen molar-refractivity contribution in [3.63, 3.8) is 0 Å². The van der Waals surface area contributed by atoms with Gasteiger partial charge in [0, 0.05) is 18.2 Å². The Labute approximate surface area is 116 Å². The van der Waals surface area contributed by atoms with Crippen LogP contribution < -0.4 is 5.32 Å². The van der Waals surface area contributed by atoms with Crippen molar-refractivity contribution in [3.05, 3.63) is 48.2 Å². The molecule has 0 spiro atoms. The molecule has 1 rings (SSSR count). The molecule has 0 aromatic heterocycles. The minimum absolute atomic E-state index is 0.289. The second-order valence-electron chi connectivity index (χ2n) is 4.02. The van der Waals surface area contributed by atoms with Gasteiger partial charge in [-0.3, -0.25) is 4.55 Å². The molecule has 1 aromatic carbocycles. The maximum absolute atomic E-state index is 11.0. The van der Waals surface area contributed by atoms with Crippen LogP contribution in [0.2, 0.25) is 0 Å². The van der Waals surface area contributed by atoms with E-state index in [2.05, 4.69) is 11.9 Å². The largest absolute Gasteiger partial charge is 0.388 e. The van der Waals surface area contributed by atoms with Crippen molar-refractivity contribution in [3.8, 4) is 0 Å². The van der Waals surface area contributed by atoms with Crippen molar-refractivity contribution < 1.29 is 13.0 Å². The number of benzene rings is 1. The van der Waals surface area contributed by atoms with Crippen LogP contribution >= 0.6 is 0 Å². The van der Waals surface area contributed by atoms with Gasteiger partial charge in [-0.2, -0.15) is 8.42 Å². The summed E-state index contributed by atoms with van der Waals surface area (Å²) >= 11 is 0. The highest BCUT2D eigenvalue weighted by atomic mass is 32.2. The molecular formula is C14H23NO3S. The Morgan fingerprint density at radius 2 is 1.84 bits per heavy atom. The molecule has 0 saturated carbocycles. The zero-order valence-electron chi connectivity index (χ0n) is 11.8. The topological polar surface area (TPSA) is 66.4 Å². The maximum atomic E-state index is 11.0. The number of hydrogen-bond acceptors (Lipinski definition) is 3. The predicted molar refractivity (Wildman–Crippen MR) is 79.8 cm³/mol. The van der Waals surface area contributed by atoms with Crippen molar-refractivity contribution in [1.82, 2.24) is 5.32 Å². The van der Waals surface area contributed by atoms with Crippen LogP contribution in [-0.4, -0.2) is 25.3 Å². The zero-order chi connectivity index (χ0) is 14.9. The van der Waals surface area contributed by atoms with Gasteiger partial charge in [0.1, 0.15) is 0 Å². The van der Waals surface area contributed by atoms with E-state index in [1.54, 1.807) is 6.92 Å². The Balaban J connectivity index is 0.00000154. The van der Waals surface area contributed by atoms with E-state index in [0.29, 0.717) is 6.54 Å². The van der Waals surface area contributed by atoms with Crippen LogP contribution in [0.25, 0.3) is 0 Å². The van der Waals surface area contributed by atoms with Gasteiger partial charge < -0.3 is 5.32 Å². The van der Waals surface area contributed by atoms with Crippen molar-refractivity contribution >= 4 is 10.1 Å².